The number of aryl methyl sites for hydroxylation is 2. The van der Waals surface area contributed by atoms with Gasteiger partial charge in [-0.3, -0.25) is 4.79 Å². The molecule has 106 valence electrons. The molecule has 0 unspecified atom stereocenters. The van der Waals surface area contributed by atoms with Crippen LogP contribution in [0.4, 0.5) is 11.4 Å². The second-order valence-electron chi connectivity index (χ2n) is 5.24. The molecule has 0 aromatic heterocycles. The Balaban J connectivity index is 2.42. The van der Waals surface area contributed by atoms with Crippen LogP contribution in [0, 0.1) is 13.8 Å². The summed E-state index contributed by atoms with van der Waals surface area (Å²) >= 11 is 0. The highest BCUT2D eigenvalue weighted by molar-refractivity contribution is 5.92. The van der Waals surface area contributed by atoms with Crippen LogP contribution in [0.25, 0.3) is 0 Å². The van der Waals surface area contributed by atoms with E-state index in [4.69, 9.17) is 5.73 Å². The summed E-state index contributed by atoms with van der Waals surface area (Å²) in [6.07, 6.45) is 6.41. The van der Waals surface area contributed by atoms with Gasteiger partial charge in [0.25, 0.3) is 0 Å². The summed E-state index contributed by atoms with van der Waals surface area (Å²) in [5, 5.41) is 2.95. The van der Waals surface area contributed by atoms with Crippen molar-refractivity contribution in [2.75, 3.05) is 11.1 Å². The first-order chi connectivity index (χ1) is 9.04. The van der Waals surface area contributed by atoms with Gasteiger partial charge in [-0.2, -0.15) is 0 Å². The van der Waals surface area contributed by atoms with Crippen LogP contribution in [0.2, 0.25) is 0 Å². The number of unbranched alkanes of at least 4 members (excludes halogenated alkanes) is 4. The highest BCUT2D eigenvalue weighted by Crippen LogP contribution is 2.22. The molecule has 3 N–H and O–H groups in total. The lowest BCUT2D eigenvalue weighted by molar-refractivity contribution is -0.116. The van der Waals surface area contributed by atoms with E-state index in [-0.39, 0.29) is 5.91 Å². The van der Waals surface area contributed by atoms with Gasteiger partial charge in [0.1, 0.15) is 0 Å². The van der Waals surface area contributed by atoms with E-state index >= 15 is 0 Å². The molecule has 3 heteroatoms. The van der Waals surface area contributed by atoms with Crippen molar-refractivity contribution >= 4 is 17.3 Å². The van der Waals surface area contributed by atoms with Gasteiger partial charge in [-0.25, -0.2) is 0 Å². The van der Waals surface area contributed by atoms with Gasteiger partial charge in [0.2, 0.25) is 5.91 Å². The largest absolute Gasteiger partial charge is 0.398 e. The minimum atomic E-state index is 0.0860. The fourth-order valence-electron chi connectivity index (χ4n) is 2.11. The van der Waals surface area contributed by atoms with E-state index in [9.17, 15) is 4.79 Å². The quantitative estimate of drug-likeness (QED) is 0.572. The Labute approximate surface area is 116 Å². The van der Waals surface area contributed by atoms with E-state index in [0.29, 0.717) is 6.42 Å². The highest BCUT2D eigenvalue weighted by Gasteiger charge is 2.06. The standard InChI is InChI=1S/C16H26N2O/c1-4-5-6-7-8-9-16(19)18-15-11-14(17)12(2)10-13(15)3/h10-11H,4-9,17H2,1-3H3,(H,18,19). The molecule has 0 saturated carbocycles. The Morgan fingerprint density at radius 3 is 2.47 bits per heavy atom. The lowest BCUT2D eigenvalue weighted by atomic mass is 10.1. The van der Waals surface area contributed by atoms with Crippen LogP contribution in [-0.4, -0.2) is 5.91 Å². The number of anilines is 2. The Kier molecular flexibility index (Phi) is 6.40. The number of rotatable bonds is 7. The van der Waals surface area contributed by atoms with Gasteiger partial charge >= 0.3 is 0 Å². The van der Waals surface area contributed by atoms with Crippen LogP contribution in [-0.2, 0) is 4.79 Å². The monoisotopic (exact) mass is 262 g/mol. The van der Waals surface area contributed by atoms with E-state index < -0.39 is 0 Å². The average Bonchev–Trinajstić information content (AvgIpc) is 2.35. The fraction of sp³-hybridized carbons (Fsp3) is 0.562. The zero-order chi connectivity index (χ0) is 14.3. The van der Waals surface area contributed by atoms with E-state index in [1.54, 1.807) is 0 Å². The van der Waals surface area contributed by atoms with E-state index in [1.165, 1.54) is 19.3 Å². The number of hydrogen-bond donors (Lipinski definition) is 2. The van der Waals surface area contributed by atoms with Gasteiger partial charge in [-0.15, -0.1) is 0 Å². The molecule has 0 bridgehead atoms. The summed E-state index contributed by atoms with van der Waals surface area (Å²) in [6.45, 7) is 6.16. The minimum Gasteiger partial charge on any atom is -0.398 e. The summed E-state index contributed by atoms with van der Waals surface area (Å²) in [7, 11) is 0. The van der Waals surface area contributed by atoms with Gasteiger partial charge in [-0.1, -0.05) is 38.7 Å². The third-order valence-corrected chi connectivity index (χ3v) is 3.39. The number of carbonyl (C=O) groups is 1. The lowest BCUT2D eigenvalue weighted by Gasteiger charge is -2.11. The number of carbonyl (C=O) groups excluding carboxylic acids is 1. The van der Waals surface area contributed by atoms with E-state index in [1.807, 2.05) is 26.0 Å². The minimum absolute atomic E-state index is 0.0860. The highest BCUT2D eigenvalue weighted by atomic mass is 16.1. The number of nitrogens with one attached hydrogen (secondary N) is 1. The van der Waals surface area contributed by atoms with Crippen LogP contribution >= 0.6 is 0 Å². The predicted molar refractivity (Wildman–Crippen MR) is 82.3 cm³/mol. The van der Waals surface area contributed by atoms with Gasteiger partial charge in [0.05, 0.1) is 0 Å². The van der Waals surface area contributed by atoms with Crippen LogP contribution in [0.1, 0.15) is 56.6 Å². The van der Waals surface area contributed by atoms with Crippen molar-refractivity contribution in [3.63, 3.8) is 0 Å². The van der Waals surface area contributed by atoms with Crippen molar-refractivity contribution in [1.82, 2.24) is 0 Å². The SMILES string of the molecule is CCCCCCCC(=O)Nc1cc(N)c(C)cc1C. The Morgan fingerprint density at radius 1 is 1.11 bits per heavy atom. The first-order valence-electron chi connectivity index (χ1n) is 7.21. The van der Waals surface area contributed by atoms with Crippen LogP contribution < -0.4 is 11.1 Å². The van der Waals surface area contributed by atoms with Crippen molar-refractivity contribution < 1.29 is 4.79 Å². The molecule has 0 spiro atoms. The second-order valence-corrected chi connectivity index (χ2v) is 5.24. The lowest BCUT2D eigenvalue weighted by Crippen LogP contribution is -2.12. The molecule has 0 radical (unpaired) electrons. The summed E-state index contributed by atoms with van der Waals surface area (Å²) in [5.41, 5.74) is 9.54. The van der Waals surface area contributed by atoms with Gasteiger partial charge in [0.15, 0.2) is 0 Å². The Hall–Kier alpha value is -1.51. The third-order valence-electron chi connectivity index (χ3n) is 3.39. The molecule has 1 aromatic rings. The molecular weight excluding hydrogens is 236 g/mol. The fourth-order valence-corrected chi connectivity index (χ4v) is 2.11. The van der Waals surface area contributed by atoms with Gasteiger partial charge in [0, 0.05) is 17.8 Å². The third kappa shape index (κ3) is 5.33. The van der Waals surface area contributed by atoms with Crippen molar-refractivity contribution in [2.24, 2.45) is 0 Å². The maximum atomic E-state index is 11.8. The molecule has 0 saturated heterocycles. The number of nitrogens with two attached hydrogens (primary N) is 1. The maximum absolute atomic E-state index is 11.8. The van der Waals surface area contributed by atoms with Gasteiger partial charge < -0.3 is 11.1 Å². The molecule has 0 aliphatic heterocycles. The number of hydrogen-bond acceptors (Lipinski definition) is 2. The number of nitrogen functional groups attached to an aromatic ring is 1. The van der Waals surface area contributed by atoms with Crippen molar-refractivity contribution in [2.45, 2.75) is 59.3 Å². The smallest absolute Gasteiger partial charge is 0.224 e. The first-order valence-corrected chi connectivity index (χ1v) is 7.21. The van der Waals surface area contributed by atoms with Crippen molar-refractivity contribution in [3.05, 3.63) is 23.3 Å². The molecule has 0 fully saturated rings. The van der Waals surface area contributed by atoms with E-state index in [0.717, 1.165) is 35.3 Å². The first kappa shape index (κ1) is 15.5. The van der Waals surface area contributed by atoms with Crippen molar-refractivity contribution in [3.8, 4) is 0 Å². The van der Waals surface area contributed by atoms with Gasteiger partial charge in [-0.05, 0) is 37.5 Å². The average molecular weight is 262 g/mol. The molecule has 0 aliphatic carbocycles. The molecule has 1 amide bonds. The zero-order valence-corrected chi connectivity index (χ0v) is 12.4. The molecule has 0 aliphatic rings. The Morgan fingerprint density at radius 2 is 1.79 bits per heavy atom. The predicted octanol–water partition coefficient (Wildman–Crippen LogP) is 4.18. The maximum Gasteiger partial charge on any atom is 0.224 e. The molecular formula is C16H26N2O. The number of amides is 1. The van der Waals surface area contributed by atoms with Crippen LogP contribution in [0.5, 0.6) is 0 Å². The molecule has 3 nitrogen and oxygen atoms in total. The second kappa shape index (κ2) is 7.82. The topological polar surface area (TPSA) is 55.1 Å². The zero-order valence-electron chi connectivity index (χ0n) is 12.4. The van der Waals surface area contributed by atoms with Crippen LogP contribution in [0.15, 0.2) is 12.1 Å². The summed E-state index contributed by atoms with van der Waals surface area (Å²) in [5.74, 6) is 0.0860. The molecule has 19 heavy (non-hydrogen) atoms. The molecule has 1 rings (SSSR count). The normalized spacial score (nSPS) is 10.5. The molecule has 0 atom stereocenters. The molecule has 0 heterocycles. The van der Waals surface area contributed by atoms with Crippen LogP contribution in [0.3, 0.4) is 0 Å². The number of benzene rings is 1. The summed E-state index contributed by atoms with van der Waals surface area (Å²) in [4.78, 5) is 11.8. The summed E-state index contributed by atoms with van der Waals surface area (Å²) in [6, 6.07) is 3.85. The van der Waals surface area contributed by atoms with Crippen molar-refractivity contribution in [1.29, 1.82) is 0 Å². The van der Waals surface area contributed by atoms with E-state index in [2.05, 4.69) is 12.2 Å². The summed E-state index contributed by atoms with van der Waals surface area (Å²) < 4.78 is 0. The molecule has 1 aromatic carbocycles. The Bertz CT molecular complexity index is 427.